The van der Waals surface area contributed by atoms with E-state index in [0.717, 1.165) is 19.3 Å². The van der Waals surface area contributed by atoms with Gasteiger partial charge in [-0.1, -0.05) is 30.3 Å². The van der Waals surface area contributed by atoms with E-state index < -0.39 is 0 Å². The molecule has 0 radical (unpaired) electrons. The zero-order valence-electron chi connectivity index (χ0n) is 7.49. The van der Waals surface area contributed by atoms with Gasteiger partial charge in [0.15, 0.2) is 0 Å². The second-order valence-corrected chi connectivity index (χ2v) is 3.81. The minimum Gasteiger partial charge on any atom is -0.369 e. The highest BCUT2D eigenvalue weighted by Crippen LogP contribution is 2.47. The Bertz CT molecular complexity index is 314. The van der Waals surface area contributed by atoms with Crippen LogP contribution in [0.3, 0.4) is 0 Å². The summed E-state index contributed by atoms with van der Waals surface area (Å²) in [6.45, 7) is 0. The van der Waals surface area contributed by atoms with Gasteiger partial charge in [-0.05, 0) is 24.8 Å². The van der Waals surface area contributed by atoms with Crippen molar-refractivity contribution in [1.29, 1.82) is 0 Å². The number of carbonyl (C=O) groups is 1. The normalized spacial score (nSPS) is 18.2. The van der Waals surface area contributed by atoms with Crippen molar-refractivity contribution in [1.82, 2.24) is 0 Å². The molecule has 0 aliphatic heterocycles. The molecule has 0 bridgehead atoms. The van der Waals surface area contributed by atoms with E-state index in [2.05, 4.69) is 0 Å². The van der Waals surface area contributed by atoms with E-state index >= 15 is 0 Å². The van der Waals surface area contributed by atoms with Crippen LogP contribution in [0.4, 0.5) is 0 Å². The topological polar surface area (TPSA) is 43.1 Å². The van der Waals surface area contributed by atoms with Crippen molar-refractivity contribution in [2.45, 2.75) is 19.3 Å². The molecule has 1 amide bonds. The summed E-state index contributed by atoms with van der Waals surface area (Å²) < 4.78 is 0. The molecule has 13 heavy (non-hydrogen) atoms. The molecule has 2 rings (SSSR count). The first-order chi connectivity index (χ1) is 6.23. The summed E-state index contributed by atoms with van der Waals surface area (Å²) in [4.78, 5) is 11.1. The van der Waals surface area contributed by atoms with Crippen LogP contribution in [0, 0.1) is 5.41 Å². The monoisotopic (exact) mass is 175 g/mol. The van der Waals surface area contributed by atoms with Crippen LogP contribution in [0.2, 0.25) is 0 Å². The molecule has 0 unspecified atom stereocenters. The van der Waals surface area contributed by atoms with Crippen LogP contribution in [0.15, 0.2) is 30.3 Å². The van der Waals surface area contributed by atoms with Crippen LogP contribution in [-0.4, -0.2) is 5.91 Å². The summed E-state index contributed by atoms with van der Waals surface area (Å²) in [5, 5.41) is 0. The molecule has 0 heterocycles. The van der Waals surface area contributed by atoms with Gasteiger partial charge in [0.25, 0.3) is 0 Å². The van der Waals surface area contributed by atoms with Gasteiger partial charge >= 0.3 is 0 Å². The Kier molecular flexibility index (Phi) is 1.83. The minimum absolute atomic E-state index is 0.142. The largest absolute Gasteiger partial charge is 0.369 e. The highest BCUT2D eigenvalue weighted by atomic mass is 16.1. The Morgan fingerprint density at radius 2 is 1.92 bits per heavy atom. The number of hydrogen-bond donors (Lipinski definition) is 1. The molecule has 2 N–H and O–H groups in total. The molecule has 68 valence electrons. The summed E-state index contributed by atoms with van der Waals surface area (Å²) in [6.07, 6.45) is 2.72. The maximum atomic E-state index is 11.1. The number of nitrogens with two attached hydrogens (primary N) is 1. The number of rotatable bonds is 3. The molecule has 2 nitrogen and oxygen atoms in total. The van der Waals surface area contributed by atoms with Gasteiger partial charge in [0.1, 0.15) is 0 Å². The first-order valence-corrected chi connectivity index (χ1v) is 4.57. The fourth-order valence-corrected chi connectivity index (χ4v) is 1.65. The van der Waals surface area contributed by atoms with Crippen molar-refractivity contribution >= 4 is 5.91 Å². The van der Waals surface area contributed by atoms with Gasteiger partial charge in [-0.25, -0.2) is 0 Å². The number of hydrogen-bond acceptors (Lipinski definition) is 1. The van der Waals surface area contributed by atoms with Crippen molar-refractivity contribution in [3.8, 4) is 0 Å². The van der Waals surface area contributed by atoms with E-state index in [-0.39, 0.29) is 11.3 Å². The second kappa shape index (κ2) is 2.87. The van der Waals surface area contributed by atoms with Crippen molar-refractivity contribution in [2.75, 3.05) is 0 Å². The van der Waals surface area contributed by atoms with Gasteiger partial charge < -0.3 is 5.73 Å². The SMILES string of the molecule is NC(=O)C1(Cc2ccccc2)CC1. The van der Waals surface area contributed by atoms with Gasteiger partial charge in [-0.2, -0.15) is 0 Å². The fourth-order valence-electron chi connectivity index (χ4n) is 1.65. The van der Waals surface area contributed by atoms with E-state index in [9.17, 15) is 4.79 Å². The van der Waals surface area contributed by atoms with Crippen LogP contribution in [0.1, 0.15) is 18.4 Å². The smallest absolute Gasteiger partial charge is 0.223 e. The van der Waals surface area contributed by atoms with E-state index in [1.165, 1.54) is 5.56 Å². The molecule has 0 saturated heterocycles. The molecule has 1 fully saturated rings. The Morgan fingerprint density at radius 3 is 2.38 bits per heavy atom. The Balaban J connectivity index is 2.11. The average Bonchev–Trinajstić information content (AvgIpc) is 2.87. The highest BCUT2D eigenvalue weighted by molar-refractivity contribution is 5.83. The third-order valence-corrected chi connectivity index (χ3v) is 2.76. The van der Waals surface area contributed by atoms with Crippen molar-refractivity contribution in [3.05, 3.63) is 35.9 Å². The molecule has 1 saturated carbocycles. The van der Waals surface area contributed by atoms with Crippen LogP contribution in [-0.2, 0) is 11.2 Å². The third-order valence-electron chi connectivity index (χ3n) is 2.76. The van der Waals surface area contributed by atoms with Crippen LogP contribution >= 0.6 is 0 Å². The zero-order valence-corrected chi connectivity index (χ0v) is 7.49. The summed E-state index contributed by atoms with van der Waals surface area (Å²) in [5.41, 5.74) is 6.34. The van der Waals surface area contributed by atoms with Crippen molar-refractivity contribution in [2.24, 2.45) is 11.1 Å². The molecule has 0 spiro atoms. The lowest BCUT2D eigenvalue weighted by atomic mass is 9.96. The lowest BCUT2D eigenvalue weighted by Crippen LogP contribution is -2.26. The van der Waals surface area contributed by atoms with Gasteiger partial charge in [0.05, 0.1) is 5.41 Å². The first kappa shape index (κ1) is 8.30. The summed E-state index contributed by atoms with van der Waals surface area (Å²) >= 11 is 0. The summed E-state index contributed by atoms with van der Waals surface area (Å²) in [5.74, 6) is -0.142. The van der Waals surface area contributed by atoms with Crippen molar-refractivity contribution < 1.29 is 4.79 Å². The first-order valence-electron chi connectivity index (χ1n) is 4.57. The zero-order chi connectivity index (χ0) is 9.31. The molecule has 0 atom stereocenters. The minimum atomic E-state index is -0.207. The molecule has 1 aromatic carbocycles. The van der Waals surface area contributed by atoms with Crippen molar-refractivity contribution in [3.63, 3.8) is 0 Å². The molecule has 2 heteroatoms. The second-order valence-electron chi connectivity index (χ2n) is 3.81. The quantitative estimate of drug-likeness (QED) is 0.743. The standard InChI is InChI=1S/C11H13NO/c12-10(13)11(6-7-11)8-9-4-2-1-3-5-9/h1-5H,6-8H2,(H2,12,13). The van der Waals surface area contributed by atoms with Crippen LogP contribution in [0.5, 0.6) is 0 Å². The Hall–Kier alpha value is -1.31. The highest BCUT2D eigenvalue weighted by Gasteiger charge is 2.48. The maximum Gasteiger partial charge on any atom is 0.223 e. The van der Waals surface area contributed by atoms with Gasteiger partial charge in [-0.3, -0.25) is 4.79 Å². The number of primary amides is 1. The summed E-state index contributed by atoms with van der Waals surface area (Å²) in [6, 6.07) is 10.1. The van der Waals surface area contributed by atoms with Gasteiger partial charge in [0.2, 0.25) is 5.91 Å². The van der Waals surface area contributed by atoms with E-state index in [4.69, 9.17) is 5.73 Å². The predicted octanol–water partition coefficient (Wildman–Crippen LogP) is 1.49. The Labute approximate surface area is 77.8 Å². The van der Waals surface area contributed by atoms with E-state index in [1.54, 1.807) is 0 Å². The molecule has 1 aromatic rings. The Morgan fingerprint density at radius 1 is 1.31 bits per heavy atom. The molecule has 0 aromatic heterocycles. The number of benzene rings is 1. The lowest BCUT2D eigenvalue weighted by molar-refractivity contribution is -0.123. The fraction of sp³-hybridized carbons (Fsp3) is 0.364. The average molecular weight is 175 g/mol. The molecule has 1 aliphatic carbocycles. The molecule has 1 aliphatic rings. The molecular formula is C11H13NO. The van der Waals surface area contributed by atoms with E-state index in [1.807, 2.05) is 30.3 Å². The number of amides is 1. The lowest BCUT2D eigenvalue weighted by Gasteiger charge is -2.09. The van der Waals surface area contributed by atoms with Gasteiger partial charge in [-0.15, -0.1) is 0 Å². The predicted molar refractivity (Wildman–Crippen MR) is 51.0 cm³/mol. The maximum absolute atomic E-state index is 11.1. The van der Waals surface area contributed by atoms with E-state index in [0.29, 0.717) is 0 Å². The summed E-state index contributed by atoms with van der Waals surface area (Å²) in [7, 11) is 0. The molecular weight excluding hydrogens is 162 g/mol. The third kappa shape index (κ3) is 1.57. The van der Waals surface area contributed by atoms with Crippen LogP contribution in [0.25, 0.3) is 0 Å². The van der Waals surface area contributed by atoms with Gasteiger partial charge in [0, 0.05) is 0 Å². The van der Waals surface area contributed by atoms with Crippen LogP contribution < -0.4 is 5.73 Å². The number of carbonyl (C=O) groups excluding carboxylic acids is 1.